The molecule has 1 fully saturated rings. The molecule has 0 aliphatic heterocycles. The van der Waals surface area contributed by atoms with Gasteiger partial charge in [0, 0.05) is 18.1 Å². The second-order valence-corrected chi connectivity index (χ2v) is 6.97. The molecule has 106 valence electrons. The molecule has 3 unspecified atom stereocenters. The third-order valence-corrected chi connectivity index (χ3v) is 4.21. The Kier molecular flexibility index (Phi) is 5.20. The maximum atomic E-state index is 10.8. The molecule has 0 radical (unpaired) electrons. The van der Waals surface area contributed by atoms with Gasteiger partial charge in [0.2, 0.25) is 0 Å². The normalized spacial score (nSPS) is 29.6. The van der Waals surface area contributed by atoms with E-state index in [-0.39, 0.29) is 12.0 Å². The molecule has 0 amide bonds. The van der Waals surface area contributed by atoms with Gasteiger partial charge >= 0.3 is 5.97 Å². The summed E-state index contributed by atoms with van der Waals surface area (Å²) in [6, 6.07) is 0.542. The molecule has 0 aromatic rings. The molecule has 1 N–H and O–H groups in total. The maximum Gasteiger partial charge on any atom is 0.304 e. The van der Waals surface area contributed by atoms with Gasteiger partial charge < -0.3 is 5.11 Å². The Morgan fingerprint density at radius 1 is 1.28 bits per heavy atom. The summed E-state index contributed by atoms with van der Waals surface area (Å²) in [6.07, 6.45) is 3.99. The predicted octanol–water partition coefficient (Wildman–Crippen LogP) is 3.39. The second kappa shape index (κ2) is 6.05. The van der Waals surface area contributed by atoms with Crippen molar-refractivity contribution in [3.05, 3.63) is 0 Å². The fraction of sp³-hybridized carbons (Fsp3) is 0.933. The van der Waals surface area contributed by atoms with Crippen LogP contribution in [0.15, 0.2) is 0 Å². The molecule has 3 atom stereocenters. The van der Waals surface area contributed by atoms with Crippen LogP contribution in [0.2, 0.25) is 0 Å². The lowest BCUT2D eigenvalue weighted by molar-refractivity contribution is -0.138. The molecule has 0 bridgehead atoms. The third kappa shape index (κ3) is 4.27. The number of rotatable bonds is 4. The van der Waals surface area contributed by atoms with Crippen LogP contribution < -0.4 is 0 Å². The maximum absolute atomic E-state index is 10.8. The highest BCUT2D eigenvalue weighted by Crippen LogP contribution is 2.35. The Labute approximate surface area is 112 Å². The smallest absolute Gasteiger partial charge is 0.304 e. The number of hydrogen-bond donors (Lipinski definition) is 1. The van der Waals surface area contributed by atoms with E-state index in [1.165, 1.54) is 19.3 Å². The van der Waals surface area contributed by atoms with Crippen molar-refractivity contribution in [2.45, 2.75) is 71.9 Å². The number of aliphatic carboxylic acids is 1. The molecule has 3 nitrogen and oxygen atoms in total. The fourth-order valence-electron chi connectivity index (χ4n) is 3.33. The SMILES string of the molecule is CC1CCC(N(CCC(=O)O)C(C)(C)C)C(C)C1. The van der Waals surface area contributed by atoms with Gasteiger partial charge in [-0.25, -0.2) is 0 Å². The van der Waals surface area contributed by atoms with Crippen molar-refractivity contribution in [1.82, 2.24) is 4.90 Å². The van der Waals surface area contributed by atoms with E-state index in [9.17, 15) is 4.79 Å². The van der Waals surface area contributed by atoms with Crippen molar-refractivity contribution in [2.24, 2.45) is 11.8 Å². The minimum absolute atomic E-state index is 0.0506. The highest BCUT2D eigenvalue weighted by molar-refractivity contribution is 5.66. The van der Waals surface area contributed by atoms with E-state index in [0.29, 0.717) is 18.5 Å². The van der Waals surface area contributed by atoms with Gasteiger partial charge in [0.15, 0.2) is 0 Å². The van der Waals surface area contributed by atoms with E-state index in [2.05, 4.69) is 39.5 Å². The lowest BCUT2D eigenvalue weighted by Gasteiger charge is -2.47. The van der Waals surface area contributed by atoms with E-state index in [0.717, 1.165) is 5.92 Å². The first-order valence-electron chi connectivity index (χ1n) is 7.20. The average Bonchev–Trinajstić information content (AvgIpc) is 2.18. The number of nitrogens with zero attached hydrogens (tertiary/aromatic N) is 1. The Balaban J connectivity index is 2.73. The minimum atomic E-state index is -0.693. The fourth-order valence-corrected chi connectivity index (χ4v) is 3.33. The van der Waals surface area contributed by atoms with Gasteiger partial charge in [0.05, 0.1) is 6.42 Å². The Morgan fingerprint density at radius 2 is 1.89 bits per heavy atom. The van der Waals surface area contributed by atoms with E-state index in [1.54, 1.807) is 0 Å². The Bertz CT molecular complexity index is 283. The van der Waals surface area contributed by atoms with Crippen LogP contribution in [0.25, 0.3) is 0 Å². The van der Waals surface area contributed by atoms with E-state index >= 15 is 0 Å². The molecule has 1 rings (SSSR count). The largest absolute Gasteiger partial charge is 0.481 e. The van der Waals surface area contributed by atoms with Gasteiger partial charge in [-0.3, -0.25) is 9.69 Å². The number of carbonyl (C=O) groups is 1. The molecule has 1 saturated carbocycles. The zero-order valence-electron chi connectivity index (χ0n) is 12.6. The summed E-state index contributed by atoms with van der Waals surface area (Å²) in [6.45, 7) is 11.9. The standard InChI is InChI=1S/C15H29NO2/c1-11-6-7-13(12(2)10-11)16(15(3,4)5)9-8-14(17)18/h11-13H,6-10H2,1-5H3,(H,17,18). The van der Waals surface area contributed by atoms with Gasteiger partial charge in [-0.05, 0) is 51.9 Å². The summed E-state index contributed by atoms with van der Waals surface area (Å²) < 4.78 is 0. The Morgan fingerprint density at radius 3 is 2.33 bits per heavy atom. The predicted molar refractivity (Wildman–Crippen MR) is 74.7 cm³/mol. The van der Waals surface area contributed by atoms with Crippen molar-refractivity contribution in [2.75, 3.05) is 6.54 Å². The quantitative estimate of drug-likeness (QED) is 0.837. The zero-order chi connectivity index (χ0) is 13.9. The van der Waals surface area contributed by atoms with Gasteiger partial charge in [-0.1, -0.05) is 13.8 Å². The van der Waals surface area contributed by atoms with E-state index in [1.807, 2.05) is 0 Å². The Hall–Kier alpha value is -0.570. The summed E-state index contributed by atoms with van der Waals surface area (Å²) in [5.74, 6) is 0.792. The summed E-state index contributed by atoms with van der Waals surface area (Å²) in [5, 5.41) is 8.91. The number of carboxylic acids is 1. The molecule has 1 aliphatic rings. The summed E-state index contributed by atoms with van der Waals surface area (Å²) in [7, 11) is 0. The van der Waals surface area contributed by atoms with Gasteiger partial charge in [0.25, 0.3) is 0 Å². The molecule has 0 saturated heterocycles. The van der Waals surface area contributed by atoms with Crippen molar-refractivity contribution in [3.8, 4) is 0 Å². The van der Waals surface area contributed by atoms with Crippen LogP contribution in [0.1, 0.15) is 60.3 Å². The number of carboxylic acid groups (broad SMARTS) is 1. The van der Waals surface area contributed by atoms with E-state index < -0.39 is 5.97 Å². The lowest BCUT2D eigenvalue weighted by Crippen LogP contribution is -2.52. The summed E-state index contributed by atoms with van der Waals surface area (Å²) in [5.41, 5.74) is 0.0506. The molecule has 0 aromatic carbocycles. The number of hydrogen-bond acceptors (Lipinski definition) is 2. The molecule has 1 aliphatic carbocycles. The summed E-state index contributed by atoms with van der Waals surface area (Å²) in [4.78, 5) is 13.2. The molecule has 3 heteroatoms. The zero-order valence-corrected chi connectivity index (χ0v) is 12.6. The summed E-state index contributed by atoms with van der Waals surface area (Å²) >= 11 is 0. The van der Waals surface area contributed by atoms with Crippen LogP contribution in [0.4, 0.5) is 0 Å². The van der Waals surface area contributed by atoms with Gasteiger partial charge in [0.1, 0.15) is 0 Å². The van der Waals surface area contributed by atoms with Crippen LogP contribution in [0.3, 0.4) is 0 Å². The first-order valence-corrected chi connectivity index (χ1v) is 7.20. The van der Waals surface area contributed by atoms with Crippen LogP contribution in [-0.2, 0) is 4.79 Å². The van der Waals surface area contributed by atoms with Crippen molar-refractivity contribution >= 4 is 5.97 Å². The van der Waals surface area contributed by atoms with Crippen LogP contribution in [0.5, 0.6) is 0 Å². The molecular formula is C15H29NO2. The minimum Gasteiger partial charge on any atom is -0.481 e. The third-order valence-electron chi connectivity index (χ3n) is 4.21. The first kappa shape index (κ1) is 15.5. The highest BCUT2D eigenvalue weighted by atomic mass is 16.4. The van der Waals surface area contributed by atoms with Crippen molar-refractivity contribution in [3.63, 3.8) is 0 Å². The van der Waals surface area contributed by atoms with Crippen molar-refractivity contribution in [1.29, 1.82) is 0 Å². The lowest BCUT2D eigenvalue weighted by atomic mass is 9.78. The molecule has 0 aromatic heterocycles. The van der Waals surface area contributed by atoms with Gasteiger partial charge in [-0.15, -0.1) is 0 Å². The molecule has 18 heavy (non-hydrogen) atoms. The topological polar surface area (TPSA) is 40.5 Å². The highest BCUT2D eigenvalue weighted by Gasteiger charge is 2.35. The molecule has 0 heterocycles. The van der Waals surface area contributed by atoms with Crippen LogP contribution >= 0.6 is 0 Å². The van der Waals surface area contributed by atoms with Crippen LogP contribution in [-0.4, -0.2) is 34.1 Å². The molecular weight excluding hydrogens is 226 g/mol. The van der Waals surface area contributed by atoms with E-state index in [4.69, 9.17) is 5.11 Å². The average molecular weight is 255 g/mol. The first-order chi connectivity index (χ1) is 8.21. The van der Waals surface area contributed by atoms with Crippen molar-refractivity contribution < 1.29 is 9.90 Å². The second-order valence-electron chi connectivity index (χ2n) is 6.97. The van der Waals surface area contributed by atoms with Crippen LogP contribution in [0, 0.1) is 11.8 Å². The molecule has 0 spiro atoms. The monoisotopic (exact) mass is 255 g/mol. The van der Waals surface area contributed by atoms with Gasteiger partial charge in [-0.2, -0.15) is 0 Å².